The SMILES string of the molecule is CC(NC(=O)C(CCCN=C(N)N)NC(=O)C(N)CS)C(=O)NC(CCC(=O)O)C(=O)NC(Cc1ccc(O)cc1)C(=O)NC(CO)C(=O)O. The maximum Gasteiger partial charge on any atom is 0.328 e. The number of aliphatic hydroxyl groups excluding tert-OH is 1. The van der Waals surface area contributed by atoms with Crippen molar-refractivity contribution in [3.05, 3.63) is 29.8 Å². The van der Waals surface area contributed by atoms with Crippen LogP contribution < -0.4 is 43.8 Å². The van der Waals surface area contributed by atoms with Crippen LogP contribution in [0.4, 0.5) is 0 Å². The molecule has 0 heterocycles. The molecule has 0 aliphatic rings. The molecule has 0 radical (unpaired) electrons. The molecular weight excluding hydrogens is 682 g/mol. The number of aliphatic hydroxyl groups is 1. The van der Waals surface area contributed by atoms with Crippen LogP contribution in [0.5, 0.6) is 5.75 Å². The van der Waals surface area contributed by atoms with E-state index in [2.05, 4.69) is 44.2 Å². The first-order valence-corrected chi connectivity index (χ1v) is 15.9. The van der Waals surface area contributed by atoms with Crippen LogP contribution in [0.15, 0.2) is 29.3 Å². The lowest BCUT2D eigenvalue weighted by molar-refractivity contribution is -0.143. The molecule has 1 aromatic rings. The Morgan fingerprint density at radius 1 is 0.780 bits per heavy atom. The highest BCUT2D eigenvalue weighted by atomic mass is 32.1. The van der Waals surface area contributed by atoms with E-state index in [0.29, 0.717) is 5.56 Å². The molecule has 6 unspecified atom stereocenters. The van der Waals surface area contributed by atoms with E-state index >= 15 is 0 Å². The summed E-state index contributed by atoms with van der Waals surface area (Å²) in [4.78, 5) is 91.7. The lowest BCUT2D eigenvalue weighted by Crippen LogP contribution is -2.59. The largest absolute Gasteiger partial charge is 0.508 e. The molecule has 0 spiro atoms. The summed E-state index contributed by atoms with van der Waals surface area (Å²) < 4.78 is 0. The van der Waals surface area contributed by atoms with Crippen molar-refractivity contribution in [2.45, 2.75) is 75.3 Å². The summed E-state index contributed by atoms with van der Waals surface area (Å²) in [5, 5.41) is 49.1. The molecule has 5 amide bonds. The number of aliphatic imine (C=N–C) groups is 1. The molecule has 0 aliphatic carbocycles. The van der Waals surface area contributed by atoms with Gasteiger partial charge in [-0.25, -0.2) is 4.79 Å². The number of carbonyl (C=O) groups excluding carboxylic acids is 5. The summed E-state index contributed by atoms with van der Waals surface area (Å²) in [6.07, 6.45) is -1.02. The average molecular weight is 728 g/mol. The summed E-state index contributed by atoms with van der Waals surface area (Å²) in [5.41, 5.74) is 16.7. The minimum absolute atomic E-state index is 0.0220. The van der Waals surface area contributed by atoms with Crippen LogP contribution >= 0.6 is 12.6 Å². The Kier molecular flexibility index (Phi) is 18.6. The lowest BCUT2D eigenvalue weighted by atomic mass is 10.0. The van der Waals surface area contributed by atoms with Gasteiger partial charge in [0.1, 0.15) is 36.0 Å². The summed E-state index contributed by atoms with van der Waals surface area (Å²) in [6.45, 7) is 0.420. The van der Waals surface area contributed by atoms with Gasteiger partial charge in [-0.2, -0.15) is 12.6 Å². The molecule has 0 aliphatic heterocycles. The topological polar surface area (TPSA) is 351 Å². The molecule has 1 rings (SSSR count). The number of thiol groups is 1. The number of nitrogens with one attached hydrogen (secondary N) is 5. The predicted molar refractivity (Wildman–Crippen MR) is 180 cm³/mol. The third kappa shape index (κ3) is 15.8. The van der Waals surface area contributed by atoms with Crippen molar-refractivity contribution in [2.24, 2.45) is 22.2 Å². The number of phenols is 1. The average Bonchev–Trinajstić information content (AvgIpc) is 3.06. The minimum Gasteiger partial charge on any atom is -0.508 e. The number of benzene rings is 1. The third-order valence-corrected chi connectivity index (χ3v) is 7.34. The van der Waals surface area contributed by atoms with Gasteiger partial charge in [0.15, 0.2) is 5.96 Å². The van der Waals surface area contributed by atoms with Crippen molar-refractivity contribution >= 4 is 60.1 Å². The van der Waals surface area contributed by atoms with Crippen LogP contribution in [0.25, 0.3) is 0 Å². The number of carboxylic acid groups (broad SMARTS) is 2. The monoisotopic (exact) mass is 727 g/mol. The van der Waals surface area contributed by atoms with E-state index in [9.17, 15) is 54.0 Å². The number of aromatic hydroxyl groups is 1. The zero-order valence-corrected chi connectivity index (χ0v) is 28.1. The summed E-state index contributed by atoms with van der Waals surface area (Å²) in [6, 6.07) is -2.87. The highest BCUT2D eigenvalue weighted by Crippen LogP contribution is 2.12. The second kappa shape index (κ2) is 21.7. The molecule has 0 fully saturated rings. The van der Waals surface area contributed by atoms with Crippen molar-refractivity contribution in [2.75, 3.05) is 18.9 Å². The Morgan fingerprint density at radius 3 is 1.84 bits per heavy atom. The molecule has 0 bridgehead atoms. The minimum atomic E-state index is -1.72. The number of carboxylic acids is 2. The Morgan fingerprint density at radius 2 is 1.30 bits per heavy atom. The molecule has 278 valence electrons. The number of carbonyl (C=O) groups is 7. The van der Waals surface area contributed by atoms with E-state index in [-0.39, 0.29) is 43.3 Å². The maximum absolute atomic E-state index is 13.4. The molecular formula is C29H45N9O11S. The first-order valence-electron chi connectivity index (χ1n) is 15.3. The highest BCUT2D eigenvalue weighted by molar-refractivity contribution is 7.80. The summed E-state index contributed by atoms with van der Waals surface area (Å²) in [5.74, 6) is -7.65. The van der Waals surface area contributed by atoms with E-state index in [0.717, 1.165) is 0 Å². The smallest absolute Gasteiger partial charge is 0.328 e. The first kappa shape index (κ1) is 42.9. The quantitative estimate of drug-likeness (QED) is 0.0232. The van der Waals surface area contributed by atoms with Crippen LogP contribution in [0, 0.1) is 0 Å². The van der Waals surface area contributed by atoms with E-state index < -0.39 is 97.2 Å². The fourth-order valence-corrected chi connectivity index (χ4v) is 4.32. The fourth-order valence-electron chi connectivity index (χ4n) is 4.15. The van der Waals surface area contributed by atoms with Gasteiger partial charge in [-0.1, -0.05) is 12.1 Å². The standard InChI is InChI=1S/C29H45N9O11S/c1-14(34-25(45)18(3-2-10-33-29(31)32)36-24(44)17(30)13-50)23(43)35-19(8-9-22(41)42)26(46)37-20(11-15-4-6-16(40)7-5-15)27(47)38-21(12-39)28(48)49/h4-7,14,17-21,39-40,50H,2-3,8-13,30H2,1H3,(H,34,45)(H,35,43)(H,36,44)(H,37,46)(H,38,47)(H,41,42)(H,48,49)(H4,31,32,33). The number of amides is 5. The zero-order valence-electron chi connectivity index (χ0n) is 27.2. The van der Waals surface area contributed by atoms with Crippen LogP contribution in [0.1, 0.15) is 38.2 Å². The highest BCUT2D eigenvalue weighted by Gasteiger charge is 2.32. The summed E-state index contributed by atoms with van der Waals surface area (Å²) in [7, 11) is 0. The van der Waals surface area contributed by atoms with Gasteiger partial charge < -0.3 is 64.2 Å². The van der Waals surface area contributed by atoms with Crippen molar-refractivity contribution in [1.82, 2.24) is 26.6 Å². The number of rotatable bonds is 22. The van der Waals surface area contributed by atoms with Crippen LogP contribution in [0.2, 0.25) is 0 Å². The number of nitrogens with zero attached hydrogens (tertiary/aromatic N) is 1. The Labute approximate surface area is 292 Å². The lowest BCUT2D eigenvalue weighted by Gasteiger charge is -2.26. The molecule has 1 aromatic carbocycles. The molecule has 0 saturated heterocycles. The van der Waals surface area contributed by atoms with Crippen molar-refractivity contribution < 1.29 is 54.0 Å². The number of guanidine groups is 1. The van der Waals surface area contributed by atoms with Gasteiger partial charge in [-0.3, -0.25) is 33.8 Å². The van der Waals surface area contributed by atoms with Gasteiger partial charge in [0.25, 0.3) is 0 Å². The third-order valence-electron chi connectivity index (χ3n) is 6.95. The second-order valence-corrected chi connectivity index (χ2v) is 11.4. The van der Waals surface area contributed by atoms with Crippen molar-refractivity contribution in [3.8, 4) is 5.75 Å². The van der Waals surface area contributed by atoms with Crippen molar-refractivity contribution in [1.29, 1.82) is 0 Å². The number of hydrogen-bond acceptors (Lipinski definition) is 12. The molecule has 50 heavy (non-hydrogen) atoms. The number of aliphatic carboxylic acids is 2. The number of nitrogens with two attached hydrogens (primary N) is 3. The number of hydrogen-bond donors (Lipinski definition) is 13. The van der Waals surface area contributed by atoms with E-state index in [4.69, 9.17) is 17.2 Å². The molecule has 15 N–H and O–H groups in total. The zero-order chi connectivity index (χ0) is 38.0. The molecule has 21 heteroatoms. The Hall–Kier alpha value is -5.15. The van der Waals surface area contributed by atoms with E-state index in [1.807, 2.05) is 0 Å². The Balaban J connectivity index is 3.18. The van der Waals surface area contributed by atoms with Gasteiger partial charge >= 0.3 is 11.9 Å². The second-order valence-electron chi connectivity index (χ2n) is 11.0. The Bertz CT molecular complexity index is 1380. The summed E-state index contributed by atoms with van der Waals surface area (Å²) >= 11 is 3.97. The maximum atomic E-state index is 13.4. The molecule has 6 atom stereocenters. The van der Waals surface area contributed by atoms with Crippen LogP contribution in [-0.4, -0.2) is 123 Å². The van der Waals surface area contributed by atoms with Crippen LogP contribution in [-0.2, 0) is 40.0 Å². The van der Waals surface area contributed by atoms with Gasteiger partial charge in [-0.15, -0.1) is 0 Å². The van der Waals surface area contributed by atoms with E-state index in [1.54, 1.807) is 0 Å². The fraction of sp³-hybridized carbons (Fsp3) is 0.517. The van der Waals surface area contributed by atoms with Gasteiger partial charge in [0, 0.05) is 25.1 Å². The van der Waals surface area contributed by atoms with E-state index in [1.165, 1.54) is 31.2 Å². The van der Waals surface area contributed by atoms with Crippen LogP contribution in [0.3, 0.4) is 0 Å². The van der Waals surface area contributed by atoms with Gasteiger partial charge in [0.05, 0.1) is 12.6 Å². The number of phenolic OH excluding ortho intramolecular Hbond substituents is 1. The molecule has 0 saturated carbocycles. The van der Waals surface area contributed by atoms with Gasteiger partial charge in [-0.05, 0) is 43.9 Å². The molecule has 0 aromatic heterocycles. The predicted octanol–water partition coefficient (Wildman–Crippen LogP) is -4.37. The normalized spacial score (nSPS) is 14.3. The van der Waals surface area contributed by atoms with Crippen molar-refractivity contribution in [3.63, 3.8) is 0 Å². The van der Waals surface area contributed by atoms with Gasteiger partial charge in [0.2, 0.25) is 29.5 Å². The first-order chi connectivity index (χ1) is 23.5. The molecule has 20 nitrogen and oxygen atoms in total.